The summed E-state index contributed by atoms with van der Waals surface area (Å²) in [5.41, 5.74) is 1.87. The summed E-state index contributed by atoms with van der Waals surface area (Å²) in [6.45, 7) is 1.88. The van der Waals surface area contributed by atoms with Gasteiger partial charge in [-0.3, -0.25) is 14.5 Å². The number of amides is 1. The molecule has 32 heavy (non-hydrogen) atoms. The molecule has 162 valence electrons. The van der Waals surface area contributed by atoms with E-state index < -0.39 is 23.5 Å². The molecule has 1 aliphatic rings. The van der Waals surface area contributed by atoms with E-state index >= 15 is 0 Å². The lowest BCUT2D eigenvalue weighted by atomic mass is 9.94. The number of carbonyl (C=O) groups is 2. The van der Waals surface area contributed by atoms with Gasteiger partial charge >= 0.3 is 0 Å². The van der Waals surface area contributed by atoms with Crippen molar-refractivity contribution in [3.05, 3.63) is 99.8 Å². The number of methoxy groups -OCH3 is 1. The second-order valence-corrected chi connectivity index (χ2v) is 7.82. The quantitative estimate of drug-likeness (QED) is 0.326. The number of aliphatic hydroxyl groups excluding tert-OH is 1. The minimum Gasteiger partial charge on any atom is -0.507 e. The van der Waals surface area contributed by atoms with Crippen molar-refractivity contribution in [3.8, 4) is 5.75 Å². The maximum atomic E-state index is 14.0. The van der Waals surface area contributed by atoms with Crippen LogP contribution in [0.4, 0.5) is 10.1 Å². The van der Waals surface area contributed by atoms with Crippen molar-refractivity contribution in [2.75, 3.05) is 12.0 Å². The average molecular weight is 452 g/mol. The molecule has 0 spiro atoms. The molecular weight excluding hydrogens is 433 g/mol. The summed E-state index contributed by atoms with van der Waals surface area (Å²) in [6, 6.07) is 16.3. The van der Waals surface area contributed by atoms with E-state index in [0.29, 0.717) is 11.3 Å². The molecule has 1 saturated heterocycles. The Balaban J connectivity index is 1.95. The topological polar surface area (TPSA) is 66.8 Å². The van der Waals surface area contributed by atoms with Crippen molar-refractivity contribution in [3.63, 3.8) is 0 Å². The van der Waals surface area contributed by atoms with Gasteiger partial charge in [-0.1, -0.05) is 47.5 Å². The molecule has 1 amide bonds. The van der Waals surface area contributed by atoms with E-state index in [1.807, 2.05) is 19.1 Å². The van der Waals surface area contributed by atoms with Crippen LogP contribution in [0, 0.1) is 12.7 Å². The SMILES string of the molecule is COc1ccc(/C(O)=C2\C(=O)C(=O)N(c3cccc(F)c3)C2c2cccc(C)c2)cc1Cl. The Hall–Kier alpha value is -3.64. The second-order valence-electron chi connectivity index (χ2n) is 7.41. The third-order valence-corrected chi connectivity index (χ3v) is 5.61. The fraction of sp³-hybridized carbons (Fsp3) is 0.120. The van der Waals surface area contributed by atoms with E-state index in [2.05, 4.69) is 0 Å². The number of rotatable bonds is 4. The van der Waals surface area contributed by atoms with Gasteiger partial charge in [-0.25, -0.2) is 4.39 Å². The summed E-state index contributed by atoms with van der Waals surface area (Å²) in [6.07, 6.45) is 0. The first-order chi connectivity index (χ1) is 15.3. The van der Waals surface area contributed by atoms with E-state index in [1.54, 1.807) is 30.3 Å². The van der Waals surface area contributed by atoms with Crippen molar-refractivity contribution in [1.82, 2.24) is 0 Å². The zero-order valence-electron chi connectivity index (χ0n) is 17.3. The van der Waals surface area contributed by atoms with Crippen LogP contribution in [0.2, 0.25) is 5.02 Å². The Morgan fingerprint density at radius 2 is 1.81 bits per heavy atom. The van der Waals surface area contributed by atoms with Gasteiger partial charge < -0.3 is 9.84 Å². The molecule has 0 aliphatic carbocycles. The Labute approximate surface area is 189 Å². The van der Waals surface area contributed by atoms with Crippen LogP contribution in [0.1, 0.15) is 22.7 Å². The minimum absolute atomic E-state index is 0.105. The van der Waals surface area contributed by atoms with Crippen LogP contribution in [0.5, 0.6) is 5.75 Å². The molecule has 1 heterocycles. The standard InChI is InChI=1S/C25H19ClFNO4/c1-14-5-3-6-15(11-14)22-21(23(29)16-9-10-20(32-2)19(26)12-16)24(30)25(31)28(22)18-8-4-7-17(27)13-18/h3-13,22,29H,1-2H3/b23-21+. The van der Waals surface area contributed by atoms with E-state index in [9.17, 15) is 19.1 Å². The van der Waals surface area contributed by atoms with E-state index in [4.69, 9.17) is 16.3 Å². The molecule has 0 saturated carbocycles. The number of benzene rings is 3. The monoisotopic (exact) mass is 451 g/mol. The average Bonchev–Trinajstić information content (AvgIpc) is 3.04. The summed E-state index contributed by atoms with van der Waals surface area (Å²) < 4.78 is 19.1. The fourth-order valence-electron chi connectivity index (χ4n) is 3.85. The molecule has 4 rings (SSSR count). The minimum atomic E-state index is -0.947. The molecular formula is C25H19ClFNO4. The first-order valence-electron chi connectivity index (χ1n) is 9.79. The smallest absolute Gasteiger partial charge is 0.300 e. The highest BCUT2D eigenvalue weighted by molar-refractivity contribution is 6.51. The first-order valence-corrected chi connectivity index (χ1v) is 10.2. The number of carbonyl (C=O) groups excluding carboxylic acids is 2. The number of ketones is 1. The van der Waals surface area contributed by atoms with Crippen LogP contribution in [0.25, 0.3) is 5.76 Å². The number of Topliss-reactive ketones (excluding diaryl/α,β-unsaturated/α-hetero) is 1. The predicted octanol–water partition coefficient (Wildman–Crippen LogP) is 5.42. The van der Waals surface area contributed by atoms with Gasteiger partial charge in [0.25, 0.3) is 11.7 Å². The third-order valence-electron chi connectivity index (χ3n) is 5.31. The van der Waals surface area contributed by atoms with E-state index in [0.717, 1.165) is 5.56 Å². The maximum absolute atomic E-state index is 14.0. The number of halogens is 2. The first kappa shape index (κ1) is 21.6. The molecule has 0 bridgehead atoms. The molecule has 1 unspecified atom stereocenters. The van der Waals surface area contributed by atoms with Gasteiger partial charge in [-0.15, -0.1) is 0 Å². The van der Waals surface area contributed by atoms with E-state index in [-0.39, 0.29) is 27.6 Å². The van der Waals surface area contributed by atoms with Gasteiger partial charge in [0.2, 0.25) is 0 Å². The number of ether oxygens (including phenoxy) is 1. The third kappa shape index (κ3) is 3.74. The number of nitrogens with zero attached hydrogens (tertiary/aromatic N) is 1. The summed E-state index contributed by atoms with van der Waals surface area (Å²) in [7, 11) is 1.46. The Bertz CT molecular complexity index is 1270. The normalized spacial score (nSPS) is 17.6. The highest BCUT2D eigenvalue weighted by Gasteiger charge is 2.47. The van der Waals surface area contributed by atoms with Gasteiger partial charge in [0.15, 0.2) is 0 Å². The molecule has 3 aromatic rings. The van der Waals surface area contributed by atoms with Gasteiger partial charge in [0.1, 0.15) is 17.3 Å². The van der Waals surface area contributed by atoms with Gasteiger partial charge in [-0.2, -0.15) is 0 Å². The maximum Gasteiger partial charge on any atom is 0.300 e. The molecule has 1 fully saturated rings. The van der Waals surface area contributed by atoms with Crippen molar-refractivity contribution in [2.45, 2.75) is 13.0 Å². The summed E-state index contributed by atoms with van der Waals surface area (Å²) in [5.74, 6) is -2.25. The van der Waals surface area contributed by atoms with Crippen LogP contribution < -0.4 is 9.64 Å². The molecule has 5 nitrogen and oxygen atoms in total. The number of aryl methyl sites for hydroxylation is 1. The van der Waals surface area contributed by atoms with E-state index in [1.165, 1.54) is 36.3 Å². The Kier molecular flexibility index (Phi) is 5.72. The summed E-state index contributed by atoms with van der Waals surface area (Å²) in [4.78, 5) is 27.4. The van der Waals surface area contributed by atoms with Crippen LogP contribution in [0.15, 0.2) is 72.3 Å². The number of aliphatic hydroxyl groups is 1. The molecule has 1 aliphatic heterocycles. The van der Waals surface area contributed by atoms with Gasteiger partial charge in [0.05, 0.1) is 23.7 Å². The van der Waals surface area contributed by atoms with Crippen LogP contribution in [0.3, 0.4) is 0 Å². The van der Waals surface area contributed by atoms with Crippen molar-refractivity contribution >= 4 is 34.7 Å². The van der Waals surface area contributed by atoms with Crippen molar-refractivity contribution in [1.29, 1.82) is 0 Å². The molecule has 3 aromatic carbocycles. The lowest BCUT2D eigenvalue weighted by molar-refractivity contribution is -0.132. The molecule has 0 aromatic heterocycles. The lowest BCUT2D eigenvalue weighted by Gasteiger charge is -2.25. The van der Waals surface area contributed by atoms with Gasteiger partial charge in [-0.05, 0) is 48.9 Å². The number of hydrogen-bond acceptors (Lipinski definition) is 4. The molecule has 1 N–H and O–H groups in total. The summed E-state index contributed by atoms with van der Waals surface area (Å²) >= 11 is 6.20. The predicted molar refractivity (Wildman–Crippen MR) is 120 cm³/mol. The molecule has 7 heteroatoms. The zero-order chi connectivity index (χ0) is 23.0. The second kappa shape index (κ2) is 8.48. The van der Waals surface area contributed by atoms with Crippen molar-refractivity contribution in [2.24, 2.45) is 0 Å². The molecule has 0 radical (unpaired) electrons. The Morgan fingerprint density at radius 3 is 2.47 bits per heavy atom. The molecule has 1 atom stereocenters. The lowest BCUT2D eigenvalue weighted by Crippen LogP contribution is -2.29. The highest BCUT2D eigenvalue weighted by atomic mass is 35.5. The number of anilines is 1. The largest absolute Gasteiger partial charge is 0.507 e. The zero-order valence-corrected chi connectivity index (χ0v) is 18.1. The van der Waals surface area contributed by atoms with Crippen LogP contribution in [-0.2, 0) is 9.59 Å². The highest BCUT2D eigenvalue weighted by Crippen LogP contribution is 2.43. The number of hydrogen-bond donors (Lipinski definition) is 1. The van der Waals surface area contributed by atoms with Crippen molar-refractivity contribution < 1.29 is 23.8 Å². The van der Waals surface area contributed by atoms with Gasteiger partial charge in [0, 0.05) is 11.3 Å². The summed E-state index contributed by atoms with van der Waals surface area (Å²) in [5, 5.41) is 11.4. The fourth-order valence-corrected chi connectivity index (χ4v) is 4.11. The Morgan fingerprint density at radius 1 is 1.06 bits per heavy atom. The van der Waals surface area contributed by atoms with Crippen LogP contribution in [-0.4, -0.2) is 23.9 Å². The van der Waals surface area contributed by atoms with Crippen LogP contribution >= 0.6 is 11.6 Å².